The van der Waals surface area contributed by atoms with Crippen LogP contribution in [0.4, 0.5) is 13.2 Å². The molecule has 1 aliphatic heterocycles. The number of aliphatic hydroxyl groups excluding tert-OH is 1. The van der Waals surface area contributed by atoms with Crippen LogP contribution >= 0.6 is 0 Å². The van der Waals surface area contributed by atoms with Gasteiger partial charge in [0.05, 0.1) is 0 Å². The van der Waals surface area contributed by atoms with Crippen molar-refractivity contribution in [3.05, 3.63) is 0 Å². The summed E-state index contributed by atoms with van der Waals surface area (Å²) in [5, 5.41) is 10.8. The van der Waals surface area contributed by atoms with Crippen molar-refractivity contribution in [3.8, 4) is 0 Å². The molecule has 0 radical (unpaired) electrons. The molecular weight excluding hydrogens is 163 g/mol. The molecule has 1 heterocycles. The van der Waals surface area contributed by atoms with E-state index in [0.29, 0.717) is 0 Å². The van der Waals surface area contributed by atoms with Crippen LogP contribution in [0.1, 0.15) is 6.92 Å². The first kappa shape index (κ1) is 8.76. The Balaban J connectivity index is 2.26. The van der Waals surface area contributed by atoms with Crippen LogP contribution in [0.3, 0.4) is 0 Å². The Morgan fingerprint density at radius 1 is 1.55 bits per heavy atom. The lowest BCUT2D eigenvalue weighted by atomic mass is 10.4. The molecule has 1 aliphatic rings. The molecule has 0 aromatic rings. The third-order valence-electron chi connectivity index (χ3n) is 1.32. The highest BCUT2D eigenvalue weighted by molar-refractivity contribution is 4.81. The molecule has 1 saturated heterocycles. The van der Waals surface area contributed by atoms with Crippen molar-refractivity contribution >= 4 is 0 Å². The second-order valence-corrected chi connectivity index (χ2v) is 2.35. The molecule has 2 N–H and O–H groups in total. The zero-order valence-corrected chi connectivity index (χ0v) is 5.72. The van der Waals surface area contributed by atoms with Crippen LogP contribution < -0.4 is 5.32 Å². The zero-order valence-electron chi connectivity index (χ0n) is 5.72. The Hall–Kier alpha value is -0.330. The lowest BCUT2D eigenvalue weighted by Crippen LogP contribution is -2.30. The van der Waals surface area contributed by atoms with Crippen LogP contribution in [-0.2, 0) is 4.74 Å². The number of rotatable bonds is 2. The fourth-order valence-corrected chi connectivity index (χ4v) is 0.524. The van der Waals surface area contributed by atoms with E-state index in [-0.39, 0.29) is 0 Å². The van der Waals surface area contributed by atoms with Crippen LogP contribution in [0.2, 0.25) is 0 Å². The van der Waals surface area contributed by atoms with E-state index < -0.39 is 24.7 Å². The average Bonchev–Trinajstić information content (AvgIpc) is 2.44. The molecule has 1 fully saturated rings. The molecule has 3 unspecified atom stereocenters. The van der Waals surface area contributed by atoms with Crippen molar-refractivity contribution < 1.29 is 23.0 Å². The first-order valence-electron chi connectivity index (χ1n) is 3.07. The molecule has 0 amide bonds. The lowest BCUT2D eigenvalue weighted by molar-refractivity contribution is -0.219. The summed E-state index contributed by atoms with van der Waals surface area (Å²) in [4.78, 5) is 0. The average molecular weight is 171 g/mol. The van der Waals surface area contributed by atoms with E-state index in [1.165, 1.54) is 0 Å². The van der Waals surface area contributed by atoms with Gasteiger partial charge in [0, 0.05) is 0 Å². The van der Waals surface area contributed by atoms with Gasteiger partial charge in [-0.3, -0.25) is 5.32 Å². The molecule has 0 aliphatic carbocycles. The summed E-state index contributed by atoms with van der Waals surface area (Å²) in [6.07, 6.45) is -7.99. The molecule has 11 heavy (non-hydrogen) atoms. The summed E-state index contributed by atoms with van der Waals surface area (Å²) in [5.74, 6) is 0. The lowest BCUT2D eigenvalue weighted by Gasteiger charge is -2.14. The van der Waals surface area contributed by atoms with E-state index in [1.807, 2.05) is 0 Å². The molecule has 6 heteroatoms. The third kappa shape index (κ3) is 2.32. The van der Waals surface area contributed by atoms with Crippen molar-refractivity contribution in [1.82, 2.24) is 5.32 Å². The van der Waals surface area contributed by atoms with Crippen LogP contribution in [-0.4, -0.2) is 29.8 Å². The minimum Gasteiger partial charge on any atom is -0.374 e. The van der Waals surface area contributed by atoms with Crippen molar-refractivity contribution in [2.75, 3.05) is 0 Å². The Kier molecular flexibility index (Phi) is 2.08. The number of alkyl halides is 3. The molecule has 0 spiro atoms. The third-order valence-corrected chi connectivity index (χ3v) is 1.32. The fourth-order valence-electron chi connectivity index (χ4n) is 0.524. The summed E-state index contributed by atoms with van der Waals surface area (Å²) in [6.45, 7) is 0.896. The van der Waals surface area contributed by atoms with E-state index in [1.54, 1.807) is 0 Å². The number of halogens is 3. The van der Waals surface area contributed by atoms with Crippen molar-refractivity contribution in [2.24, 2.45) is 0 Å². The van der Waals surface area contributed by atoms with Gasteiger partial charge < -0.3 is 9.84 Å². The number of aliphatic hydroxyl groups is 1. The largest absolute Gasteiger partial charge is 0.414 e. The van der Waals surface area contributed by atoms with E-state index in [4.69, 9.17) is 5.11 Å². The Bertz CT molecular complexity index is 149. The second kappa shape index (κ2) is 2.62. The molecule has 0 aromatic heterocycles. The van der Waals surface area contributed by atoms with E-state index in [9.17, 15) is 13.2 Å². The van der Waals surface area contributed by atoms with Gasteiger partial charge >= 0.3 is 6.18 Å². The Morgan fingerprint density at radius 2 is 2.00 bits per heavy atom. The monoisotopic (exact) mass is 171 g/mol. The maximum absolute atomic E-state index is 11.7. The van der Waals surface area contributed by atoms with E-state index >= 15 is 0 Å². The predicted molar refractivity (Wildman–Crippen MR) is 29.5 cm³/mol. The zero-order chi connectivity index (χ0) is 8.65. The van der Waals surface area contributed by atoms with E-state index in [0.717, 1.165) is 6.92 Å². The number of hydrogen-bond donors (Lipinski definition) is 2. The molecule has 0 aromatic carbocycles. The quantitative estimate of drug-likeness (QED) is 0.583. The van der Waals surface area contributed by atoms with Crippen molar-refractivity contribution in [2.45, 2.75) is 31.7 Å². The number of nitrogens with one attached hydrogen (secondary N) is 1. The van der Waals surface area contributed by atoms with Gasteiger partial charge in [-0.25, -0.2) is 0 Å². The molecule has 66 valence electrons. The normalized spacial score (nSPS) is 33.5. The van der Waals surface area contributed by atoms with E-state index in [2.05, 4.69) is 10.1 Å². The van der Waals surface area contributed by atoms with Gasteiger partial charge in [0.15, 0.2) is 12.3 Å². The van der Waals surface area contributed by atoms with Crippen molar-refractivity contribution in [1.29, 1.82) is 0 Å². The second-order valence-electron chi connectivity index (χ2n) is 2.35. The molecule has 3 nitrogen and oxygen atoms in total. The molecule has 0 bridgehead atoms. The summed E-state index contributed by atoms with van der Waals surface area (Å²) in [6, 6.07) is 0. The summed E-state index contributed by atoms with van der Waals surface area (Å²) in [7, 11) is 0. The highest BCUT2D eigenvalue weighted by atomic mass is 19.4. The first-order chi connectivity index (χ1) is 4.91. The summed E-state index contributed by atoms with van der Waals surface area (Å²) >= 11 is 0. The van der Waals surface area contributed by atoms with Gasteiger partial charge in [0.1, 0.15) is 6.23 Å². The smallest absolute Gasteiger partial charge is 0.374 e. The minimum absolute atomic E-state index is 0.855. The van der Waals surface area contributed by atoms with Crippen LogP contribution in [0, 0.1) is 0 Å². The fraction of sp³-hybridized carbons (Fsp3) is 1.00. The minimum atomic E-state index is -4.36. The standard InChI is InChI=1S/C5H8F3NO2/c1-2(5(6,7)8)11-4-3(10)9-4/h2-4,9-10H,1H3. The van der Waals surface area contributed by atoms with Crippen molar-refractivity contribution in [3.63, 3.8) is 0 Å². The maximum atomic E-state index is 11.7. The molecule has 0 saturated carbocycles. The summed E-state index contributed by atoms with van der Waals surface area (Å²) in [5.41, 5.74) is 0. The number of hydrogen-bond acceptors (Lipinski definition) is 3. The summed E-state index contributed by atoms with van der Waals surface area (Å²) < 4.78 is 39.5. The van der Waals surface area contributed by atoms with Crippen LogP contribution in [0.5, 0.6) is 0 Å². The highest BCUT2D eigenvalue weighted by Crippen LogP contribution is 2.25. The van der Waals surface area contributed by atoms with Crippen LogP contribution in [0.15, 0.2) is 0 Å². The Labute approximate surface area is 61.1 Å². The predicted octanol–water partition coefficient (Wildman–Crippen LogP) is 0.202. The topological polar surface area (TPSA) is 51.4 Å². The van der Waals surface area contributed by atoms with Gasteiger partial charge in [-0.2, -0.15) is 13.2 Å². The Morgan fingerprint density at radius 3 is 2.27 bits per heavy atom. The molecule has 3 atom stereocenters. The van der Waals surface area contributed by atoms with Gasteiger partial charge in [-0.15, -0.1) is 0 Å². The molecule has 1 rings (SSSR count). The van der Waals surface area contributed by atoms with Gasteiger partial charge in [-0.05, 0) is 6.92 Å². The number of ether oxygens (including phenoxy) is 1. The SMILES string of the molecule is CC(OC1NC1O)C(F)(F)F. The van der Waals surface area contributed by atoms with Gasteiger partial charge in [-0.1, -0.05) is 0 Å². The molecular formula is C5H8F3NO2. The van der Waals surface area contributed by atoms with Crippen LogP contribution in [0.25, 0.3) is 0 Å². The maximum Gasteiger partial charge on any atom is 0.414 e. The van der Waals surface area contributed by atoms with Gasteiger partial charge in [0.25, 0.3) is 0 Å². The first-order valence-corrected chi connectivity index (χ1v) is 3.07. The highest BCUT2D eigenvalue weighted by Gasteiger charge is 2.44. The van der Waals surface area contributed by atoms with Gasteiger partial charge in [0.2, 0.25) is 0 Å².